The van der Waals surface area contributed by atoms with Gasteiger partial charge >= 0.3 is 7.60 Å². The van der Waals surface area contributed by atoms with Crippen molar-refractivity contribution in [2.24, 2.45) is 0 Å². The third-order valence-electron chi connectivity index (χ3n) is 3.42. The largest absolute Gasteiger partial charge is 0.335 e. The zero-order valence-electron chi connectivity index (χ0n) is 14.5. The van der Waals surface area contributed by atoms with Crippen LogP contribution in [-0.4, -0.2) is 19.1 Å². The van der Waals surface area contributed by atoms with Crippen molar-refractivity contribution in [3.8, 4) is 0 Å². The van der Waals surface area contributed by atoms with Crippen molar-refractivity contribution in [1.82, 2.24) is 0 Å². The maximum atomic E-state index is 12.6. The number of halogens is 2. The van der Waals surface area contributed by atoms with Crippen molar-refractivity contribution in [2.75, 3.05) is 18.5 Å². The number of rotatable bonds is 8. The summed E-state index contributed by atoms with van der Waals surface area (Å²) in [4.78, 5) is 12.3. The molecule has 2 rings (SSSR count). The van der Waals surface area contributed by atoms with E-state index in [1.807, 2.05) is 0 Å². The summed E-state index contributed by atoms with van der Waals surface area (Å²) in [6, 6.07) is 11.6. The van der Waals surface area contributed by atoms with E-state index in [2.05, 4.69) is 5.32 Å². The first kappa shape index (κ1) is 20.9. The molecule has 0 aromatic heterocycles. The van der Waals surface area contributed by atoms with Gasteiger partial charge in [-0.2, -0.15) is 0 Å². The molecule has 26 heavy (non-hydrogen) atoms. The van der Waals surface area contributed by atoms with Crippen LogP contribution >= 0.6 is 30.8 Å². The minimum Gasteiger partial charge on any atom is -0.322 e. The first-order valence-electron chi connectivity index (χ1n) is 8.10. The topological polar surface area (TPSA) is 64.6 Å². The van der Waals surface area contributed by atoms with Crippen LogP contribution in [0.4, 0.5) is 5.69 Å². The van der Waals surface area contributed by atoms with E-state index in [4.69, 9.17) is 32.2 Å². The van der Waals surface area contributed by atoms with E-state index < -0.39 is 7.60 Å². The monoisotopic (exact) mass is 415 g/mol. The van der Waals surface area contributed by atoms with Gasteiger partial charge in [0.05, 0.1) is 29.4 Å². The van der Waals surface area contributed by atoms with Crippen LogP contribution in [0.25, 0.3) is 0 Å². The van der Waals surface area contributed by atoms with Gasteiger partial charge in [0.15, 0.2) is 0 Å². The molecular weight excluding hydrogens is 396 g/mol. The first-order valence-corrected chi connectivity index (χ1v) is 10.6. The summed E-state index contributed by atoms with van der Waals surface area (Å²) in [5.74, 6) is -0.285. The van der Waals surface area contributed by atoms with Crippen LogP contribution in [0, 0.1) is 0 Å². The molecule has 0 aliphatic heterocycles. The summed E-state index contributed by atoms with van der Waals surface area (Å²) in [5, 5.41) is 3.53. The fourth-order valence-corrected chi connectivity index (χ4v) is 4.28. The average molecular weight is 416 g/mol. The number of anilines is 1. The molecule has 0 bridgehead atoms. The summed E-state index contributed by atoms with van der Waals surface area (Å²) in [6.45, 7) is 4.15. The van der Waals surface area contributed by atoms with Crippen LogP contribution < -0.4 is 5.32 Å². The fourth-order valence-electron chi connectivity index (χ4n) is 2.28. The van der Waals surface area contributed by atoms with E-state index in [0.717, 1.165) is 5.56 Å². The second-order valence-corrected chi connectivity index (χ2v) is 8.25. The Morgan fingerprint density at radius 3 is 2.15 bits per heavy atom. The molecule has 2 aromatic carbocycles. The lowest BCUT2D eigenvalue weighted by Gasteiger charge is -2.17. The van der Waals surface area contributed by atoms with E-state index in [0.29, 0.717) is 34.5 Å². The summed E-state index contributed by atoms with van der Waals surface area (Å²) in [6.07, 6.45) is 0.156. The second kappa shape index (κ2) is 9.54. The highest BCUT2D eigenvalue weighted by atomic mass is 35.5. The predicted octanol–water partition coefficient (Wildman–Crippen LogP) is 6.01. The Morgan fingerprint density at radius 2 is 1.62 bits per heavy atom. The van der Waals surface area contributed by atoms with Crippen LogP contribution in [0.1, 0.15) is 29.8 Å². The molecule has 0 saturated carbocycles. The molecular formula is C18H20Cl2NO4P. The molecule has 1 N–H and O–H groups in total. The molecule has 1 amide bonds. The zero-order chi connectivity index (χ0) is 19.2. The molecule has 0 fully saturated rings. The van der Waals surface area contributed by atoms with E-state index in [-0.39, 0.29) is 12.1 Å². The van der Waals surface area contributed by atoms with Gasteiger partial charge in [-0.1, -0.05) is 35.3 Å². The van der Waals surface area contributed by atoms with Crippen molar-refractivity contribution in [1.29, 1.82) is 0 Å². The van der Waals surface area contributed by atoms with Gasteiger partial charge in [-0.05, 0) is 49.7 Å². The third-order valence-corrected chi connectivity index (χ3v) is 6.22. The van der Waals surface area contributed by atoms with Crippen LogP contribution in [0.5, 0.6) is 0 Å². The van der Waals surface area contributed by atoms with E-state index in [9.17, 15) is 9.36 Å². The maximum absolute atomic E-state index is 12.6. The molecule has 8 heteroatoms. The highest BCUT2D eigenvalue weighted by Crippen LogP contribution is 2.51. The SMILES string of the molecule is CCOP(=O)(Cc1ccc(C(=O)Nc2ccc(Cl)c(Cl)c2)cc1)OCC. The predicted molar refractivity (Wildman–Crippen MR) is 105 cm³/mol. The Hall–Kier alpha value is -1.36. The lowest BCUT2D eigenvalue weighted by Crippen LogP contribution is -2.11. The Balaban J connectivity index is 2.07. The molecule has 0 aliphatic rings. The molecule has 2 aromatic rings. The Labute approximate surface area is 163 Å². The second-order valence-electron chi connectivity index (χ2n) is 5.38. The van der Waals surface area contributed by atoms with Crippen molar-refractivity contribution >= 4 is 42.4 Å². The molecule has 0 aliphatic carbocycles. The highest BCUT2D eigenvalue weighted by Gasteiger charge is 2.24. The van der Waals surface area contributed by atoms with Crippen LogP contribution in [0.15, 0.2) is 42.5 Å². The van der Waals surface area contributed by atoms with E-state index >= 15 is 0 Å². The lowest BCUT2D eigenvalue weighted by molar-refractivity contribution is 0.102. The Kier molecular flexibility index (Phi) is 7.69. The van der Waals surface area contributed by atoms with Crippen molar-refractivity contribution in [3.05, 3.63) is 63.6 Å². The number of carbonyl (C=O) groups is 1. The van der Waals surface area contributed by atoms with Crippen LogP contribution in [0.3, 0.4) is 0 Å². The smallest absolute Gasteiger partial charge is 0.322 e. The van der Waals surface area contributed by atoms with Gasteiger partial charge in [-0.15, -0.1) is 0 Å². The molecule has 0 heterocycles. The zero-order valence-corrected chi connectivity index (χ0v) is 16.9. The minimum absolute atomic E-state index is 0.156. The van der Waals surface area contributed by atoms with Crippen LogP contribution in [0.2, 0.25) is 10.0 Å². The normalized spacial score (nSPS) is 11.4. The van der Waals surface area contributed by atoms with E-state index in [1.54, 1.807) is 56.3 Å². The Morgan fingerprint density at radius 1 is 1.00 bits per heavy atom. The number of carbonyl (C=O) groups excluding carboxylic acids is 1. The first-order chi connectivity index (χ1) is 12.4. The van der Waals surface area contributed by atoms with Crippen molar-refractivity contribution in [2.45, 2.75) is 20.0 Å². The molecule has 0 radical (unpaired) electrons. The van der Waals surface area contributed by atoms with Crippen molar-refractivity contribution < 1.29 is 18.4 Å². The summed E-state index contributed by atoms with van der Waals surface area (Å²) >= 11 is 11.8. The molecule has 0 unspecified atom stereocenters. The quantitative estimate of drug-likeness (QED) is 0.535. The number of hydrogen-bond donors (Lipinski definition) is 1. The van der Waals surface area contributed by atoms with Gasteiger partial charge in [-0.25, -0.2) is 0 Å². The van der Waals surface area contributed by atoms with Crippen LogP contribution in [-0.2, 0) is 19.8 Å². The molecule has 0 atom stereocenters. The van der Waals surface area contributed by atoms with Gasteiger partial charge in [0.1, 0.15) is 0 Å². The number of benzene rings is 2. The molecule has 140 valence electrons. The summed E-state index contributed by atoms with van der Waals surface area (Å²) in [5.41, 5.74) is 1.77. The van der Waals surface area contributed by atoms with Gasteiger partial charge in [0.2, 0.25) is 0 Å². The third kappa shape index (κ3) is 5.83. The average Bonchev–Trinajstić information content (AvgIpc) is 2.59. The fraction of sp³-hybridized carbons (Fsp3) is 0.278. The molecule has 5 nitrogen and oxygen atoms in total. The highest BCUT2D eigenvalue weighted by molar-refractivity contribution is 7.53. The summed E-state index contributed by atoms with van der Waals surface area (Å²) in [7, 11) is -3.17. The summed E-state index contributed by atoms with van der Waals surface area (Å²) < 4.78 is 23.1. The maximum Gasteiger partial charge on any atom is 0.335 e. The van der Waals surface area contributed by atoms with E-state index in [1.165, 1.54) is 0 Å². The van der Waals surface area contributed by atoms with Gasteiger partial charge in [0.25, 0.3) is 5.91 Å². The number of amides is 1. The Bertz CT molecular complexity index is 801. The van der Waals surface area contributed by atoms with Gasteiger partial charge in [-0.3, -0.25) is 9.36 Å². The van der Waals surface area contributed by atoms with Gasteiger partial charge in [0, 0.05) is 11.3 Å². The standard InChI is InChI=1S/C18H20Cl2NO4P/c1-3-24-26(23,25-4-2)12-13-5-7-14(8-6-13)18(22)21-15-9-10-16(19)17(20)11-15/h5-11H,3-4,12H2,1-2H3,(H,21,22). The van der Waals surface area contributed by atoms with Gasteiger partial charge < -0.3 is 14.4 Å². The van der Waals surface area contributed by atoms with Crippen molar-refractivity contribution in [3.63, 3.8) is 0 Å². The lowest BCUT2D eigenvalue weighted by atomic mass is 10.1. The molecule has 0 spiro atoms. The number of hydrogen-bond acceptors (Lipinski definition) is 4. The molecule has 0 saturated heterocycles. The number of nitrogens with one attached hydrogen (secondary N) is 1. The minimum atomic E-state index is -3.17.